The number of carbonyl (C=O) groups excluding carboxylic acids is 1. The smallest absolute Gasteiger partial charge is 0.140 e. The molecule has 120 valence electrons. The fourth-order valence-electron chi connectivity index (χ4n) is 3.90. The molecule has 0 amide bonds. The number of benzene rings is 2. The third-order valence-electron chi connectivity index (χ3n) is 5.01. The summed E-state index contributed by atoms with van der Waals surface area (Å²) < 4.78 is 4.58. The number of carbonyl (C=O) groups is 1. The SMILES string of the molecule is O=C1CCCC2C=Cc3c(ccc4ccccc34)C12.c1ccoc1. The molecule has 2 atom stereocenters. The van der Waals surface area contributed by atoms with Crippen molar-refractivity contribution in [3.63, 3.8) is 0 Å². The maximum Gasteiger partial charge on any atom is 0.140 e. The number of hydrogen-bond acceptors (Lipinski definition) is 2. The van der Waals surface area contributed by atoms with E-state index in [9.17, 15) is 4.79 Å². The highest BCUT2D eigenvalue weighted by atomic mass is 16.3. The Kier molecular flexibility index (Phi) is 4.04. The van der Waals surface area contributed by atoms with Gasteiger partial charge in [-0.2, -0.15) is 0 Å². The van der Waals surface area contributed by atoms with Crippen LogP contribution in [0, 0.1) is 5.92 Å². The van der Waals surface area contributed by atoms with Gasteiger partial charge < -0.3 is 4.42 Å². The zero-order valence-corrected chi connectivity index (χ0v) is 13.5. The van der Waals surface area contributed by atoms with Crippen LogP contribution in [0.5, 0.6) is 0 Å². The first-order valence-electron chi connectivity index (χ1n) is 8.54. The van der Waals surface area contributed by atoms with E-state index in [0.717, 1.165) is 19.3 Å². The molecule has 2 aromatic carbocycles. The van der Waals surface area contributed by atoms with Crippen LogP contribution < -0.4 is 0 Å². The van der Waals surface area contributed by atoms with Crippen molar-refractivity contribution in [2.75, 3.05) is 0 Å². The minimum Gasteiger partial charge on any atom is -0.473 e. The second kappa shape index (κ2) is 6.48. The highest BCUT2D eigenvalue weighted by molar-refractivity contribution is 5.97. The number of ketones is 1. The van der Waals surface area contributed by atoms with Crippen LogP contribution >= 0.6 is 0 Å². The molecule has 2 heteroatoms. The second-order valence-electron chi connectivity index (χ2n) is 6.44. The van der Waals surface area contributed by atoms with E-state index in [0.29, 0.717) is 11.7 Å². The lowest BCUT2D eigenvalue weighted by Crippen LogP contribution is -2.27. The van der Waals surface area contributed by atoms with Crippen LogP contribution in [0.1, 0.15) is 36.3 Å². The molecule has 0 spiro atoms. The first kappa shape index (κ1) is 14.9. The summed E-state index contributed by atoms with van der Waals surface area (Å²) in [6.45, 7) is 0. The third-order valence-corrected chi connectivity index (χ3v) is 5.01. The summed E-state index contributed by atoms with van der Waals surface area (Å²) in [7, 11) is 0. The fourth-order valence-corrected chi connectivity index (χ4v) is 3.90. The largest absolute Gasteiger partial charge is 0.473 e. The lowest BCUT2D eigenvalue weighted by Gasteiger charge is -2.33. The summed E-state index contributed by atoms with van der Waals surface area (Å²) in [5.41, 5.74) is 2.51. The molecule has 0 bridgehead atoms. The van der Waals surface area contributed by atoms with Crippen molar-refractivity contribution in [2.24, 2.45) is 5.92 Å². The monoisotopic (exact) mass is 316 g/mol. The van der Waals surface area contributed by atoms with Gasteiger partial charge in [0.25, 0.3) is 0 Å². The lowest BCUT2D eigenvalue weighted by molar-refractivity contribution is -0.122. The van der Waals surface area contributed by atoms with Gasteiger partial charge in [-0.15, -0.1) is 0 Å². The van der Waals surface area contributed by atoms with Gasteiger partial charge >= 0.3 is 0 Å². The summed E-state index contributed by atoms with van der Waals surface area (Å²) in [4.78, 5) is 12.3. The molecule has 2 nitrogen and oxygen atoms in total. The highest BCUT2D eigenvalue weighted by Gasteiger charge is 2.35. The van der Waals surface area contributed by atoms with Crippen LogP contribution in [-0.2, 0) is 4.79 Å². The third kappa shape index (κ3) is 2.69. The van der Waals surface area contributed by atoms with Crippen molar-refractivity contribution in [3.8, 4) is 0 Å². The van der Waals surface area contributed by atoms with Gasteiger partial charge in [-0.25, -0.2) is 0 Å². The van der Waals surface area contributed by atoms with Gasteiger partial charge in [0.05, 0.1) is 12.5 Å². The van der Waals surface area contributed by atoms with E-state index in [1.807, 2.05) is 12.1 Å². The van der Waals surface area contributed by atoms with E-state index in [1.54, 1.807) is 12.5 Å². The summed E-state index contributed by atoms with van der Waals surface area (Å²) in [5, 5.41) is 2.53. The Morgan fingerprint density at radius 2 is 1.79 bits per heavy atom. The number of allylic oxidation sites excluding steroid dienone is 1. The molecule has 1 saturated carbocycles. The van der Waals surface area contributed by atoms with Crippen LogP contribution in [0.15, 0.2) is 71.6 Å². The van der Waals surface area contributed by atoms with Crippen molar-refractivity contribution in [2.45, 2.75) is 25.2 Å². The van der Waals surface area contributed by atoms with Crippen LogP contribution in [0.3, 0.4) is 0 Å². The minimum absolute atomic E-state index is 0.110. The molecule has 3 aromatic rings. The van der Waals surface area contributed by atoms with Crippen molar-refractivity contribution >= 4 is 22.6 Å². The van der Waals surface area contributed by atoms with Gasteiger partial charge in [0.2, 0.25) is 0 Å². The molecule has 0 radical (unpaired) electrons. The van der Waals surface area contributed by atoms with Crippen LogP contribution in [0.25, 0.3) is 16.8 Å². The van der Waals surface area contributed by atoms with Gasteiger partial charge in [0.1, 0.15) is 5.78 Å². The average molecular weight is 316 g/mol. The molecule has 0 saturated heterocycles. The van der Waals surface area contributed by atoms with Crippen molar-refractivity contribution in [1.82, 2.24) is 0 Å². The van der Waals surface area contributed by atoms with E-state index in [1.165, 1.54) is 21.9 Å². The van der Waals surface area contributed by atoms with Gasteiger partial charge in [-0.05, 0) is 52.8 Å². The molecule has 2 aliphatic rings. The predicted octanol–water partition coefficient (Wildman–Crippen LogP) is 5.60. The van der Waals surface area contributed by atoms with E-state index < -0.39 is 0 Å². The highest BCUT2D eigenvalue weighted by Crippen LogP contribution is 2.43. The molecule has 0 N–H and O–H groups in total. The van der Waals surface area contributed by atoms with E-state index in [2.05, 4.69) is 53.0 Å². The zero-order chi connectivity index (χ0) is 16.4. The molecular formula is C22H20O2. The van der Waals surface area contributed by atoms with Crippen LogP contribution in [0.2, 0.25) is 0 Å². The van der Waals surface area contributed by atoms with Crippen molar-refractivity contribution in [1.29, 1.82) is 0 Å². The Hall–Kier alpha value is -2.61. The van der Waals surface area contributed by atoms with Gasteiger partial charge in [0.15, 0.2) is 0 Å². The topological polar surface area (TPSA) is 30.2 Å². The second-order valence-corrected chi connectivity index (χ2v) is 6.44. The van der Waals surface area contributed by atoms with Gasteiger partial charge in [0, 0.05) is 12.3 Å². The number of rotatable bonds is 0. The molecule has 1 aromatic heterocycles. The minimum atomic E-state index is 0.110. The Balaban J connectivity index is 0.000000252. The average Bonchev–Trinajstić information content (AvgIpc) is 3.21. The molecule has 2 unspecified atom stereocenters. The standard InChI is InChI=1S/C18H16O.C4H4O/c19-17-7-3-5-13-9-10-15-14-6-2-1-4-12(14)8-11-16(15)18(13)17;1-2-4-5-3-1/h1-2,4,6,8-11,13,18H,3,5,7H2;1-4H. The van der Waals surface area contributed by atoms with E-state index >= 15 is 0 Å². The fraction of sp³-hybridized carbons (Fsp3) is 0.227. The lowest BCUT2D eigenvalue weighted by atomic mass is 9.70. The van der Waals surface area contributed by atoms with Gasteiger partial charge in [-0.3, -0.25) is 4.79 Å². The van der Waals surface area contributed by atoms with E-state index in [-0.39, 0.29) is 5.92 Å². The quantitative estimate of drug-likeness (QED) is 0.540. The number of hydrogen-bond donors (Lipinski definition) is 0. The molecule has 24 heavy (non-hydrogen) atoms. The van der Waals surface area contributed by atoms with Crippen LogP contribution in [0.4, 0.5) is 0 Å². The van der Waals surface area contributed by atoms with E-state index in [4.69, 9.17) is 0 Å². The van der Waals surface area contributed by atoms with Crippen molar-refractivity contribution < 1.29 is 9.21 Å². The number of fused-ring (bicyclic) bond motifs is 5. The normalized spacial score (nSPS) is 21.6. The Bertz CT molecular complexity index is 857. The van der Waals surface area contributed by atoms with Crippen LogP contribution in [-0.4, -0.2) is 5.78 Å². The number of furan rings is 1. The zero-order valence-electron chi connectivity index (χ0n) is 13.5. The Morgan fingerprint density at radius 1 is 0.958 bits per heavy atom. The maximum absolute atomic E-state index is 12.3. The maximum atomic E-state index is 12.3. The molecular weight excluding hydrogens is 296 g/mol. The Morgan fingerprint density at radius 3 is 2.58 bits per heavy atom. The summed E-state index contributed by atoms with van der Waals surface area (Å²) >= 11 is 0. The molecule has 1 heterocycles. The first-order valence-corrected chi connectivity index (χ1v) is 8.54. The number of Topliss-reactive ketones (excluding diaryl/α,β-unsaturated/α-hetero) is 1. The summed E-state index contributed by atoms with van der Waals surface area (Å²) in [5.74, 6) is 0.963. The summed E-state index contributed by atoms with van der Waals surface area (Å²) in [6, 6.07) is 16.4. The predicted molar refractivity (Wildman–Crippen MR) is 96.8 cm³/mol. The van der Waals surface area contributed by atoms with Crippen molar-refractivity contribution in [3.05, 3.63) is 78.3 Å². The van der Waals surface area contributed by atoms with Gasteiger partial charge in [-0.1, -0.05) is 48.6 Å². The Labute approximate surface area is 141 Å². The molecule has 2 aliphatic carbocycles. The first-order chi connectivity index (χ1) is 11.8. The summed E-state index contributed by atoms with van der Waals surface area (Å²) in [6.07, 6.45) is 10.7. The molecule has 0 aliphatic heterocycles. The molecule has 5 rings (SSSR count). The molecule has 1 fully saturated rings.